The topological polar surface area (TPSA) is 47.3 Å². The number of ether oxygens (including phenoxy) is 1. The molecule has 0 saturated carbocycles. The van der Waals surface area contributed by atoms with Gasteiger partial charge in [0.1, 0.15) is 0 Å². The molecule has 1 unspecified atom stereocenters. The first-order valence-electron chi connectivity index (χ1n) is 5.97. The van der Waals surface area contributed by atoms with Gasteiger partial charge in [-0.15, -0.1) is 0 Å². The first-order valence-corrected chi connectivity index (χ1v) is 5.97. The van der Waals surface area contributed by atoms with Gasteiger partial charge in [0.2, 0.25) is 0 Å². The molecule has 0 bridgehead atoms. The van der Waals surface area contributed by atoms with Gasteiger partial charge in [0.25, 0.3) is 0 Å². The SMILES string of the molecule is Cc1ccc(N)cc1NCC1CCCCO1. The molecular weight excluding hydrogens is 200 g/mol. The third-order valence-electron chi connectivity index (χ3n) is 3.06. The van der Waals surface area contributed by atoms with Crippen LogP contribution in [0.5, 0.6) is 0 Å². The highest BCUT2D eigenvalue weighted by atomic mass is 16.5. The largest absolute Gasteiger partial charge is 0.399 e. The summed E-state index contributed by atoms with van der Waals surface area (Å²) >= 11 is 0. The summed E-state index contributed by atoms with van der Waals surface area (Å²) < 4.78 is 5.68. The van der Waals surface area contributed by atoms with Gasteiger partial charge in [-0.25, -0.2) is 0 Å². The van der Waals surface area contributed by atoms with Gasteiger partial charge in [0, 0.05) is 24.5 Å². The van der Waals surface area contributed by atoms with Crippen molar-refractivity contribution in [2.75, 3.05) is 24.2 Å². The van der Waals surface area contributed by atoms with Crippen LogP contribution in [0, 0.1) is 6.92 Å². The third-order valence-corrected chi connectivity index (χ3v) is 3.06. The molecule has 1 saturated heterocycles. The van der Waals surface area contributed by atoms with E-state index in [-0.39, 0.29) is 0 Å². The molecule has 1 aromatic rings. The quantitative estimate of drug-likeness (QED) is 0.770. The lowest BCUT2D eigenvalue weighted by atomic mass is 10.1. The predicted octanol–water partition coefficient (Wildman–Crippen LogP) is 2.56. The molecule has 3 nitrogen and oxygen atoms in total. The van der Waals surface area contributed by atoms with E-state index < -0.39 is 0 Å². The molecule has 2 rings (SSSR count). The van der Waals surface area contributed by atoms with Crippen molar-refractivity contribution in [1.82, 2.24) is 0 Å². The normalized spacial score (nSPS) is 20.7. The first-order chi connectivity index (χ1) is 7.75. The third kappa shape index (κ3) is 2.89. The monoisotopic (exact) mass is 220 g/mol. The minimum absolute atomic E-state index is 0.356. The number of hydrogen-bond acceptors (Lipinski definition) is 3. The molecule has 88 valence electrons. The van der Waals surface area contributed by atoms with E-state index in [2.05, 4.69) is 12.2 Å². The fourth-order valence-corrected chi connectivity index (χ4v) is 2.02. The molecule has 1 aromatic carbocycles. The Kier molecular flexibility index (Phi) is 3.67. The maximum atomic E-state index is 5.76. The van der Waals surface area contributed by atoms with E-state index in [9.17, 15) is 0 Å². The zero-order valence-corrected chi connectivity index (χ0v) is 9.83. The maximum absolute atomic E-state index is 5.76. The summed E-state index contributed by atoms with van der Waals surface area (Å²) in [4.78, 5) is 0. The zero-order chi connectivity index (χ0) is 11.4. The Bertz CT molecular complexity index is 346. The molecule has 0 radical (unpaired) electrons. The van der Waals surface area contributed by atoms with Gasteiger partial charge in [-0.1, -0.05) is 6.07 Å². The smallest absolute Gasteiger partial charge is 0.0747 e. The number of hydrogen-bond donors (Lipinski definition) is 2. The molecule has 0 spiro atoms. The average Bonchev–Trinajstić information content (AvgIpc) is 2.32. The van der Waals surface area contributed by atoms with Crippen LogP contribution in [0.3, 0.4) is 0 Å². The Morgan fingerprint density at radius 1 is 1.44 bits per heavy atom. The molecule has 16 heavy (non-hydrogen) atoms. The number of benzene rings is 1. The summed E-state index contributed by atoms with van der Waals surface area (Å²) in [5, 5.41) is 3.42. The van der Waals surface area contributed by atoms with Gasteiger partial charge in [-0.3, -0.25) is 0 Å². The summed E-state index contributed by atoms with van der Waals surface area (Å²) in [6.45, 7) is 3.87. The summed E-state index contributed by atoms with van der Waals surface area (Å²) in [6, 6.07) is 5.95. The van der Waals surface area contributed by atoms with Crippen molar-refractivity contribution in [2.24, 2.45) is 0 Å². The van der Waals surface area contributed by atoms with Crippen LogP contribution in [-0.4, -0.2) is 19.3 Å². The van der Waals surface area contributed by atoms with Crippen molar-refractivity contribution in [3.63, 3.8) is 0 Å². The fourth-order valence-electron chi connectivity index (χ4n) is 2.02. The number of nitrogens with two attached hydrogens (primary N) is 1. The Morgan fingerprint density at radius 3 is 3.06 bits per heavy atom. The minimum Gasteiger partial charge on any atom is -0.399 e. The second-order valence-corrected chi connectivity index (χ2v) is 4.44. The number of nitrogen functional groups attached to an aromatic ring is 1. The molecule has 0 amide bonds. The highest BCUT2D eigenvalue weighted by molar-refractivity contribution is 5.59. The van der Waals surface area contributed by atoms with Crippen molar-refractivity contribution in [3.8, 4) is 0 Å². The molecule has 3 heteroatoms. The van der Waals surface area contributed by atoms with E-state index in [0.717, 1.165) is 30.9 Å². The number of aryl methyl sites for hydroxylation is 1. The lowest BCUT2D eigenvalue weighted by Crippen LogP contribution is -2.27. The second-order valence-electron chi connectivity index (χ2n) is 4.44. The molecule has 1 aliphatic heterocycles. The number of anilines is 2. The maximum Gasteiger partial charge on any atom is 0.0747 e. The van der Waals surface area contributed by atoms with E-state index >= 15 is 0 Å². The minimum atomic E-state index is 0.356. The van der Waals surface area contributed by atoms with Gasteiger partial charge in [0.15, 0.2) is 0 Å². The molecular formula is C13H20N2O. The van der Waals surface area contributed by atoms with Crippen molar-refractivity contribution >= 4 is 11.4 Å². The Balaban J connectivity index is 1.90. The van der Waals surface area contributed by atoms with Gasteiger partial charge >= 0.3 is 0 Å². The van der Waals surface area contributed by atoms with Crippen LogP contribution in [0.25, 0.3) is 0 Å². The van der Waals surface area contributed by atoms with Crippen LogP contribution in [0.4, 0.5) is 11.4 Å². The molecule has 0 aliphatic carbocycles. The van der Waals surface area contributed by atoms with Crippen molar-refractivity contribution in [2.45, 2.75) is 32.3 Å². The Hall–Kier alpha value is -1.22. The van der Waals surface area contributed by atoms with E-state index in [1.165, 1.54) is 18.4 Å². The molecule has 1 aliphatic rings. The van der Waals surface area contributed by atoms with E-state index in [0.29, 0.717) is 6.10 Å². The highest BCUT2D eigenvalue weighted by Gasteiger charge is 2.13. The fraction of sp³-hybridized carbons (Fsp3) is 0.538. The van der Waals surface area contributed by atoms with Crippen molar-refractivity contribution in [1.29, 1.82) is 0 Å². The van der Waals surface area contributed by atoms with E-state index in [1.54, 1.807) is 0 Å². The van der Waals surface area contributed by atoms with Crippen molar-refractivity contribution < 1.29 is 4.74 Å². The first kappa shape index (κ1) is 11.3. The van der Waals surface area contributed by atoms with Gasteiger partial charge in [0.05, 0.1) is 6.10 Å². The van der Waals surface area contributed by atoms with Crippen LogP contribution in [0.15, 0.2) is 18.2 Å². The van der Waals surface area contributed by atoms with Crippen LogP contribution < -0.4 is 11.1 Å². The van der Waals surface area contributed by atoms with Crippen LogP contribution in [-0.2, 0) is 4.74 Å². The average molecular weight is 220 g/mol. The van der Waals surface area contributed by atoms with Gasteiger partial charge in [-0.05, 0) is 43.9 Å². The number of nitrogens with one attached hydrogen (secondary N) is 1. The molecule has 3 N–H and O–H groups in total. The molecule has 1 fully saturated rings. The lowest BCUT2D eigenvalue weighted by Gasteiger charge is -2.23. The predicted molar refractivity (Wildman–Crippen MR) is 67.7 cm³/mol. The second kappa shape index (κ2) is 5.21. The molecule has 0 aromatic heterocycles. The van der Waals surface area contributed by atoms with Crippen LogP contribution >= 0.6 is 0 Å². The molecule has 1 heterocycles. The zero-order valence-electron chi connectivity index (χ0n) is 9.83. The summed E-state index contributed by atoms with van der Waals surface area (Å²) in [5.74, 6) is 0. The lowest BCUT2D eigenvalue weighted by molar-refractivity contribution is 0.0247. The van der Waals surface area contributed by atoms with E-state index in [1.807, 2.05) is 18.2 Å². The standard InChI is InChI=1S/C13H20N2O/c1-10-5-6-11(14)8-13(10)15-9-12-4-2-3-7-16-12/h5-6,8,12,15H,2-4,7,9,14H2,1H3. The number of rotatable bonds is 3. The highest BCUT2D eigenvalue weighted by Crippen LogP contribution is 2.19. The summed E-state index contributed by atoms with van der Waals surface area (Å²) in [5.41, 5.74) is 8.91. The Labute approximate surface area is 97.0 Å². The van der Waals surface area contributed by atoms with Crippen LogP contribution in [0.2, 0.25) is 0 Å². The van der Waals surface area contributed by atoms with Crippen molar-refractivity contribution in [3.05, 3.63) is 23.8 Å². The Morgan fingerprint density at radius 2 is 2.31 bits per heavy atom. The molecule has 1 atom stereocenters. The van der Waals surface area contributed by atoms with E-state index in [4.69, 9.17) is 10.5 Å². The summed E-state index contributed by atoms with van der Waals surface area (Å²) in [6.07, 6.45) is 4.00. The van der Waals surface area contributed by atoms with Gasteiger partial charge < -0.3 is 15.8 Å². The van der Waals surface area contributed by atoms with Crippen LogP contribution in [0.1, 0.15) is 24.8 Å². The van der Waals surface area contributed by atoms with Gasteiger partial charge in [-0.2, -0.15) is 0 Å². The summed E-state index contributed by atoms with van der Waals surface area (Å²) in [7, 11) is 0.